The molecule has 0 aliphatic carbocycles. The van der Waals surface area contributed by atoms with Crippen LogP contribution < -0.4 is 5.56 Å². The topological polar surface area (TPSA) is 52.7 Å². The molecule has 0 amide bonds. The summed E-state index contributed by atoms with van der Waals surface area (Å²) >= 11 is 0. The van der Waals surface area contributed by atoms with Gasteiger partial charge in [-0.05, 0) is 36.8 Å². The van der Waals surface area contributed by atoms with Gasteiger partial charge in [-0.25, -0.2) is 13.8 Å². The summed E-state index contributed by atoms with van der Waals surface area (Å²) in [5.41, 5.74) is 2.59. The fourth-order valence-electron chi connectivity index (χ4n) is 2.98. The Morgan fingerprint density at radius 1 is 1.07 bits per heavy atom. The normalized spacial score (nSPS) is 11.5. The van der Waals surface area contributed by atoms with Crippen molar-refractivity contribution >= 4 is 17.0 Å². The van der Waals surface area contributed by atoms with Crippen LogP contribution in [-0.2, 0) is 6.54 Å². The van der Waals surface area contributed by atoms with E-state index < -0.39 is 0 Å². The van der Waals surface area contributed by atoms with Crippen molar-refractivity contribution in [2.45, 2.75) is 13.5 Å². The summed E-state index contributed by atoms with van der Waals surface area (Å²) in [6.07, 6.45) is 5.46. The lowest BCUT2D eigenvalue weighted by Crippen LogP contribution is -2.25. The first kappa shape index (κ1) is 16.9. The minimum atomic E-state index is -0.337. The highest BCUT2D eigenvalue weighted by Crippen LogP contribution is 2.17. The van der Waals surface area contributed by atoms with Crippen LogP contribution in [0.15, 0.2) is 71.7 Å². The quantitative estimate of drug-likeness (QED) is 0.557. The van der Waals surface area contributed by atoms with Gasteiger partial charge in [-0.2, -0.15) is 10.2 Å². The van der Waals surface area contributed by atoms with Crippen molar-refractivity contribution in [1.29, 1.82) is 0 Å². The molecular weight excluding hydrogens is 343 g/mol. The van der Waals surface area contributed by atoms with Crippen LogP contribution in [0.4, 0.5) is 4.39 Å². The van der Waals surface area contributed by atoms with Crippen molar-refractivity contribution in [2.24, 2.45) is 0 Å². The molecule has 0 spiro atoms. The van der Waals surface area contributed by atoms with E-state index in [0.29, 0.717) is 28.8 Å². The predicted octanol–water partition coefficient (Wildman–Crippen LogP) is 3.74. The predicted molar refractivity (Wildman–Crippen MR) is 103 cm³/mol. The second-order valence-electron chi connectivity index (χ2n) is 6.18. The average molecular weight is 360 g/mol. The zero-order chi connectivity index (χ0) is 18.8. The lowest BCUT2D eigenvalue weighted by atomic mass is 10.2. The van der Waals surface area contributed by atoms with Gasteiger partial charge < -0.3 is 0 Å². The summed E-state index contributed by atoms with van der Waals surface area (Å²) in [6, 6.07) is 15.7. The van der Waals surface area contributed by atoms with Crippen LogP contribution in [0.2, 0.25) is 0 Å². The first-order chi connectivity index (χ1) is 13.1. The molecule has 27 heavy (non-hydrogen) atoms. The van der Waals surface area contributed by atoms with Gasteiger partial charge in [-0.15, -0.1) is 0 Å². The molecule has 0 radical (unpaired) electrons. The van der Waals surface area contributed by atoms with Gasteiger partial charge in [0.1, 0.15) is 11.3 Å². The molecule has 6 heteroatoms. The van der Waals surface area contributed by atoms with E-state index in [-0.39, 0.29) is 11.4 Å². The van der Waals surface area contributed by atoms with Gasteiger partial charge >= 0.3 is 0 Å². The third-order valence-corrected chi connectivity index (χ3v) is 4.33. The summed E-state index contributed by atoms with van der Waals surface area (Å²) in [4.78, 5) is 13.0. The summed E-state index contributed by atoms with van der Waals surface area (Å²) in [5.74, 6) is -0.337. The Balaban J connectivity index is 1.75. The highest BCUT2D eigenvalue weighted by Gasteiger charge is 2.14. The molecule has 0 aliphatic rings. The Morgan fingerprint density at radius 2 is 1.81 bits per heavy atom. The van der Waals surface area contributed by atoms with E-state index in [1.165, 1.54) is 21.5 Å². The third-order valence-electron chi connectivity index (χ3n) is 4.33. The number of nitrogens with zero attached hydrogens (tertiary/aromatic N) is 4. The number of allylic oxidation sites excluding steroid dienone is 1. The fourth-order valence-corrected chi connectivity index (χ4v) is 2.98. The van der Waals surface area contributed by atoms with E-state index in [2.05, 4.69) is 10.2 Å². The first-order valence-electron chi connectivity index (χ1n) is 8.56. The second kappa shape index (κ2) is 6.99. The zero-order valence-electron chi connectivity index (χ0n) is 14.7. The van der Waals surface area contributed by atoms with Crippen molar-refractivity contribution < 1.29 is 4.39 Å². The maximum absolute atomic E-state index is 13.2. The minimum absolute atomic E-state index is 0.241. The molecule has 2 heterocycles. The van der Waals surface area contributed by atoms with Gasteiger partial charge in [0.25, 0.3) is 5.56 Å². The molecule has 0 saturated carbocycles. The first-order valence-corrected chi connectivity index (χ1v) is 8.56. The van der Waals surface area contributed by atoms with Crippen LogP contribution in [0.3, 0.4) is 0 Å². The van der Waals surface area contributed by atoms with Gasteiger partial charge in [0.2, 0.25) is 0 Å². The molecule has 0 unspecified atom stereocenters. The lowest BCUT2D eigenvalue weighted by molar-refractivity contribution is 0.627. The second-order valence-corrected chi connectivity index (χ2v) is 6.18. The van der Waals surface area contributed by atoms with Gasteiger partial charge in [-0.1, -0.05) is 42.5 Å². The van der Waals surface area contributed by atoms with Crippen LogP contribution in [0.5, 0.6) is 0 Å². The molecule has 2 aromatic carbocycles. The molecule has 5 nitrogen and oxygen atoms in total. The van der Waals surface area contributed by atoms with Gasteiger partial charge in [0, 0.05) is 5.39 Å². The standard InChI is InChI=1S/C21H17FN4O/c1-15-19-14-23-26(18-11-9-17(22)10-12-18)20(19)21(27)25(24-15)13-5-8-16-6-3-2-4-7-16/h2-12,14H,13H2,1H3/b8-5+. The summed E-state index contributed by atoms with van der Waals surface area (Å²) in [5, 5.41) is 9.39. The number of benzene rings is 2. The van der Waals surface area contributed by atoms with Crippen molar-refractivity contribution in [3.05, 3.63) is 94.3 Å². The van der Waals surface area contributed by atoms with Crippen molar-refractivity contribution in [3.63, 3.8) is 0 Å². The van der Waals surface area contributed by atoms with Crippen LogP contribution >= 0.6 is 0 Å². The van der Waals surface area contributed by atoms with E-state index in [1.54, 1.807) is 18.3 Å². The van der Waals surface area contributed by atoms with Crippen LogP contribution in [0.1, 0.15) is 11.3 Å². The summed E-state index contributed by atoms with van der Waals surface area (Å²) < 4.78 is 16.2. The Kier molecular flexibility index (Phi) is 4.38. The van der Waals surface area contributed by atoms with E-state index >= 15 is 0 Å². The van der Waals surface area contributed by atoms with Gasteiger partial charge in [0.05, 0.1) is 24.1 Å². The van der Waals surface area contributed by atoms with Gasteiger partial charge in [0.15, 0.2) is 0 Å². The van der Waals surface area contributed by atoms with Crippen LogP contribution in [0, 0.1) is 12.7 Å². The Bertz CT molecular complexity index is 1170. The molecule has 0 N–H and O–H groups in total. The number of aryl methyl sites for hydroxylation is 1. The van der Waals surface area contributed by atoms with E-state index in [9.17, 15) is 9.18 Å². The highest BCUT2D eigenvalue weighted by atomic mass is 19.1. The van der Waals surface area contributed by atoms with E-state index in [4.69, 9.17) is 0 Å². The molecule has 134 valence electrons. The molecule has 0 aliphatic heterocycles. The van der Waals surface area contributed by atoms with Gasteiger partial charge in [-0.3, -0.25) is 4.79 Å². The van der Waals surface area contributed by atoms with Crippen LogP contribution in [-0.4, -0.2) is 19.6 Å². The maximum Gasteiger partial charge on any atom is 0.293 e. The Labute approximate surface area is 155 Å². The molecule has 4 rings (SSSR count). The molecule has 2 aromatic heterocycles. The van der Waals surface area contributed by atoms with E-state index in [1.807, 2.05) is 49.4 Å². The van der Waals surface area contributed by atoms with Crippen molar-refractivity contribution in [1.82, 2.24) is 19.6 Å². The zero-order valence-corrected chi connectivity index (χ0v) is 14.7. The average Bonchev–Trinajstić information content (AvgIpc) is 3.13. The number of hydrogen-bond donors (Lipinski definition) is 0. The highest BCUT2D eigenvalue weighted by molar-refractivity contribution is 5.81. The van der Waals surface area contributed by atoms with Crippen LogP contribution in [0.25, 0.3) is 22.7 Å². The monoisotopic (exact) mass is 360 g/mol. The number of hydrogen-bond acceptors (Lipinski definition) is 3. The largest absolute Gasteiger partial charge is 0.293 e. The molecule has 4 aromatic rings. The van der Waals surface area contributed by atoms with E-state index in [0.717, 1.165) is 5.56 Å². The Morgan fingerprint density at radius 3 is 2.56 bits per heavy atom. The number of fused-ring (bicyclic) bond motifs is 1. The minimum Gasteiger partial charge on any atom is -0.265 e. The van der Waals surface area contributed by atoms with Crippen molar-refractivity contribution in [2.75, 3.05) is 0 Å². The molecule has 0 fully saturated rings. The molecule has 0 saturated heterocycles. The molecule has 0 atom stereocenters. The third kappa shape index (κ3) is 3.29. The summed E-state index contributed by atoms with van der Waals surface area (Å²) in [7, 11) is 0. The number of aromatic nitrogens is 4. The van der Waals surface area contributed by atoms with Crippen molar-refractivity contribution in [3.8, 4) is 5.69 Å². The number of rotatable bonds is 4. The SMILES string of the molecule is Cc1nn(C/C=C/c2ccccc2)c(=O)c2c1cnn2-c1ccc(F)cc1. The molecular formula is C21H17FN4O. The molecule has 0 bridgehead atoms. The lowest BCUT2D eigenvalue weighted by Gasteiger charge is -2.07. The summed E-state index contributed by atoms with van der Waals surface area (Å²) in [6.45, 7) is 2.19. The fraction of sp³-hybridized carbons (Fsp3) is 0.0952. The maximum atomic E-state index is 13.2. The smallest absolute Gasteiger partial charge is 0.265 e. The number of halogens is 1. The Hall–Kier alpha value is -3.54.